The van der Waals surface area contributed by atoms with Crippen LogP contribution in [0.2, 0.25) is 28.2 Å². The summed E-state index contributed by atoms with van der Waals surface area (Å²) in [6.45, 7) is 13.0. The zero-order valence-electron chi connectivity index (χ0n) is 18.1. The van der Waals surface area contributed by atoms with E-state index in [0.717, 1.165) is 6.42 Å². The van der Waals surface area contributed by atoms with E-state index in [0.29, 0.717) is 28.5 Å². The second-order valence-corrected chi connectivity index (χ2v) is 15.1. The van der Waals surface area contributed by atoms with Crippen molar-refractivity contribution < 1.29 is 19.4 Å². The molecule has 5 nitrogen and oxygen atoms in total. The van der Waals surface area contributed by atoms with Crippen LogP contribution >= 0.6 is 23.2 Å². The van der Waals surface area contributed by atoms with E-state index in [4.69, 9.17) is 27.6 Å². The Hall–Kier alpha value is -0.793. The highest BCUT2D eigenvalue weighted by Crippen LogP contribution is 2.47. The molecule has 3 atom stereocenters. The molecule has 0 radical (unpaired) electrons. The second-order valence-electron chi connectivity index (χ2n) is 9.53. The van der Waals surface area contributed by atoms with Crippen LogP contribution in [-0.4, -0.2) is 47.7 Å². The molecule has 2 unspecified atom stereocenters. The van der Waals surface area contributed by atoms with Gasteiger partial charge < -0.3 is 14.6 Å². The number of halogens is 2. The van der Waals surface area contributed by atoms with E-state index >= 15 is 0 Å². The Kier molecular flexibility index (Phi) is 7.39. The van der Waals surface area contributed by atoms with Crippen molar-refractivity contribution in [3.05, 3.63) is 33.8 Å². The number of rotatable bonds is 6. The van der Waals surface area contributed by atoms with E-state index < -0.39 is 26.1 Å². The summed E-state index contributed by atoms with van der Waals surface area (Å²) in [5.74, 6) is 0. The fourth-order valence-corrected chi connectivity index (χ4v) is 5.61. The first-order chi connectivity index (χ1) is 13.2. The van der Waals surface area contributed by atoms with Gasteiger partial charge in [-0.15, -0.1) is 0 Å². The quantitative estimate of drug-likeness (QED) is 0.484. The molecule has 1 aromatic carbocycles. The number of carbonyl (C=O) groups is 1. The van der Waals surface area contributed by atoms with Gasteiger partial charge in [0.1, 0.15) is 6.10 Å². The van der Waals surface area contributed by atoms with Crippen LogP contribution < -0.4 is 0 Å². The predicted molar refractivity (Wildman–Crippen MR) is 120 cm³/mol. The van der Waals surface area contributed by atoms with Gasteiger partial charge in [-0.3, -0.25) is 4.90 Å². The highest BCUT2D eigenvalue weighted by atomic mass is 35.5. The lowest BCUT2D eigenvalue weighted by atomic mass is 9.81. The van der Waals surface area contributed by atoms with E-state index in [2.05, 4.69) is 33.9 Å². The number of hydrogen-bond acceptors (Lipinski definition) is 3. The van der Waals surface area contributed by atoms with Gasteiger partial charge in [-0.25, -0.2) is 4.79 Å². The molecule has 1 amide bonds. The highest BCUT2D eigenvalue weighted by Gasteiger charge is 2.54. The molecule has 1 heterocycles. The minimum atomic E-state index is -2.09. The summed E-state index contributed by atoms with van der Waals surface area (Å²) in [5, 5.41) is 22.1. The Morgan fingerprint density at radius 2 is 1.97 bits per heavy atom. The predicted octanol–water partition coefficient (Wildman–Crippen LogP) is 6.34. The van der Waals surface area contributed by atoms with Crippen molar-refractivity contribution in [1.29, 1.82) is 0 Å². The molecule has 8 heteroatoms. The topological polar surface area (TPSA) is 70.0 Å². The van der Waals surface area contributed by atoms with Crippen LogP contribution in [0.4, 0.5) is 4.79 Å². The van der Waals surface area contributed by atoms with Gasteiger partial charge in [-0.2, -0.15) is 0 Å². The van der Waals surface area contributed by atoms with Crippen molar-refractivity contribution in [2.24, 2.45) is 0 Å². The molecular weight excluding hydrogens is 429 g/mol. The third-order valence-corrected chi connectivity index (χ3v) is 11.7. The average Bonchev–Trinajstić information content (AvgIpc) is 2.95. The molecule has 1 saturated heterocycles. The first kappa shape index (κ1) is 24.5. The molecule has 1 aromatic rings. The van der Waals surface area contributed by atoms with E-state index in [1.54, 1.807) is 18.2 Å². The van der Waals surface area contributed by atoms with Crippen molar-refractivity contribution >= 4 is 37.6 Å². The van der Waals surface area contributed by atoms with Gasteiger partial charge in [-0.1, -0.05) is 63.4 Å². The first-order valence-corrected chi connectivity index (χ1v) is 13.7. The van der Waals surface area contributed by atoms with Crippen molar-refractivity contribution in [3.63, 3.8) is 0 Å². The number of aliphatic hydroxyl groups excluding tert-OH is 1. The minimum Gasteiger partial charge on any atom is -0.465 e. The van der Waals surface area contributed by atoms with E-state index in [-0.39, 0.29) is 17.7 Å². The summed E-state index contributed by atoms with van der Waals surface area (Å²) in [5.41, 5.74) is -0.405. The zero-order valence-corrected chi connectivity index (χ0v) is 20.6. The summed E-state index contributed by atoms with van der Waals surface area (Å²) in [6, 6.07) is 4.96. The van der Waals surface area contributed by atoms with Crippen LogP contribution in [0.3, 0.4) is 0 Å². The zero-order chi connectivity index (χ0) is 22.2. The van der Waals surface area contributed by atoms with Crippen LogP contribution in [0, 0.1) is 0 Å². The lowest BCUT2D eigenvalue weighted by molar-refractivity contribution is -0.00896. The SMILES string of the molecule is CCC[C@]1(C(O)c2ccc(Cl)c(Cl)c2)CC(O[Si](C)(C)C(C)(C)C)CN1C(=O)O. The molecule has 0 saturated carbocycles. The van der Waals surface area contributed by atoms with Crippen LogP contribution in [0.5, 0.6) is 0 Å². The van der Waals surface area contributed by atoms with Gasteiger partial charge in [-0.05, 0) is 42.2 Å². The van der Waals surface area contributed by atoms with E-state index in [1.807, 2.05) is 6.92 Å². The number of nitrogens with zero attached hydrogens (tertiary/aromatic N) is 1. The number of carboxylic acid groups (broad SMARTS) is 1. The second kappa shape index (κ2) is 8.75. The summed E-state index contributed by atoms with van der Waals surface area (Å²) in [6.07, 6.45) is -0.620. The van der Waals surface area contributed by atoms with Crippen LogP contribution in [0.15, 0.2) is 18.2 Å². The fourth-order valence-electron chi connectivity index (χ4n) is 3.95. The van der Waals surface area contributed by atoms with Gasteiger partial charge in [0.05, 0.1) is 21.7 Å². The maximum Gasteiger partial charge on any atom is 0.407 e. The lowest BCUT2D eigenvalue weighted by Gasteiger charge is -2.41. The Bertz CT molecular complexity index is 753. The van der Waals surface area contributed by atoms with Crippen molar-refractivity contribution in [2.45, 2.75) is 82.8 Å². The lowest BCUT2D eigenvalue weighted by Crippen LogP contribution is -2.51. The fraction of sp³-hybridized carbons (Fsp3) is 0.667. The number of benzene rings is 1. The molecular formula is C21H33Cl2NO4Si. The number of hydrogen-bond donors (Lipinski definition) is 2. The van der Waals surface area contributed by atoms with Gasteiger partial charge in [0, 0.05) is 13.0 Å². The number of amides is 1. The van der Waals surface area contributed by atoms with Gasteiger partial charge >= 0.3 is 6.09 Å². The summed E-state index contributed by atoms with van der Waals surface area (Å²) >= 11 is 12.2. The molecule has 0 aliphatic carbocycles. The Morgan fingerprint density at radius 3 is 2.45 bits per heavy atom. The van der Waals surface area contributed by atoms with E-state index in [9.17, 15) is 15.0 Å². The highest BCUT2D eigenvalue weighted by molar-refractivity contribution is 6.74. The molecule has 0 aromatic heterocycles. The van der Waals surface area contributed by atoms with Crippen LogP contribution in [-0.2, 0) is 4.43 Å². The molecule has 0 spiro atoms. The third-order valence-electron chi connectivity index (χ3n) is 6.45. The molecule has 164 valence electrons. The Balaban J connectivity index is 2.43. The normalized spacial score (nSPS) is 24.0. The van der Waals surface area contributed by atoms with Crippen molar-refractivity contribution in [2.75, 3.05) is 6.54 Å². The van der Waals surface area contributed by atoms with Gasteiger partial charge in [0.15, 0.2) is 8.32 Å². The van der Waals surface area contributed by atoms with Crippen LogP contribution in [0.25, 0.3) is 0 Å². The largest absolute Gasteiger partial charge is 0.465 e. The first-order valence-electron chi connectivity index (χ1n) is 10.1. The summed E-state index contributed by atoms with van der Waals surface area (Å²) in [7, 11) is -2.09. The van der Waals surface area contributed by atoms with Crippen LogP contribution in [0.1, 0.15) is 58.6 Å². The molecule has 2 rings (SSSR count). The monoisotopic (exact) mass is 461 g/mol. The Morgan fingerprint density at radius 1 is 1.34 bits per heavy atom. The smallest absolute Gasteiger partial charge is 0.407 e. The maximum atomic E-state index is 12.2. The van der Waals surface area contributed by atoms with Gasteiger partial charge in [0.25, 0.3) is 0 Å². The molecule has 1 aliphatic rings. The van der Waals surface area contributed by atoms with Crippen molar-refractivity contribution in [1.82, 2.24) is 4.90 Å². The standard InChI is InChI=1S/C21H33Cl2NO4Si/c1-7-10-21(18(25)14-8-9-16(22)17(23)11-14)12-15(13-24(21)19(26)27)28-29(5,6)20(2,3)4/h8-9,11,15,18,25H,7,10,12-13H2,1-6H3,(H,26,27)/t15?,18?,21-/m1/s1. The number of aliphatic hydroxyl groups is 1. The maximum absolute atomic E-state index is 12.2. The van der Waals surface area contributed by atoms with Gasteiger partial charge in [0.2, 0.25) is 0 Å². The molecule has 29 heavy (non-hydrogen) atoms. The van der Waals surface area contributed by atoms with Crippen molar-refractivity contribution in [3.8, 4) is 0 Å². The number of likely N-dealkylation sites (tertiary alicyclic amines) is 1. The summed E-state index contributed by atoms with van der Waals surface area (Å²) in [4.78, 5) is 13.6. The molecule has 0 bridgehead atoms. The molecule has 1 fully saturated rings. The Labute approximate surface area is 185 Å². The molecule has 1 aliphatic heterocycles. The average molecular weight is 462 g/mol. The minimum absolute atomic E-state index is 0.0133. The third kappa shape index (κ3) is 4.93. The summed E-state index contributed by atoms with van der Waals surface area (Å²) < 4.78 is 6.55. The van der Waals surface area contributed by atoms with E-state index in [1.165, 1.54) is 4.90 Å². The molecule has 2 N–H and O–H groups in total.